The second-order valence-corrected chi connectivity index (χ2v) is 3.57. The van der Waals surface area contributed by atoms with Gasteiger partial charge in [-0.1, -0.05) is 13.3 Å². The summed E-state index contributed by atoms with van der Waals surface area (Å²) < 4.78 is 12.8. The summed E-state index contributed by atoms with van der Waals surface area (Å²) in [5.74, 6) is -0.432. The van der Waals surface area contributed by atoms with Gasteiger partial charge in [0.25, 0.3) is 5.91 Å². The summed E-state index contributed by atoms with van der Waals surface area (Å²) in [4.78, 5) is 11.6. The molecule has 0 radical (unpaired) electrons. The molecule has 0 unspecified atom stereocenters. The van der Waals surface area contributed by atoms with E-state index in [4.69, 9.17) is 0 Å². The summed E-state index contributed by atoms with van der Waals surface area (Å²) in [6.07, 6.45) is 2.01. The zero-order valence-corrected chi connectivity index (χ0v) is 9.14. The van der Waals surface area contributed by atoms with E-state index in [2.05, 4.69) is 12.2 Å². The number of nitrogens with one attached hydrogen (secondary N) is 1. The van der Waals surface area contributed by atoms with Gasteiger partial charge in [-0.05, 0) is 37.1 Å². The van der Waals surface area contributed by atoms with E-state index in [1.807, 2.05) is 0 Å². The maximum absolute atomic E-state index is 12.8. The number of halogens is 1. The van der Waals surface area contributed by atoms with Crippen molar-refractivity contribution in [1.82, 2.24) is 5.32 Å². The van der Waals surface area contributed by atoms with Crippen LogP contribution in [-0.4, -0.2) is 12.5 Å². The average Bonchev–Trinajstić information content (AvgIpc) is 2.17. The maximum atomic E-state index is 12.8. The Morgan fingerprint density at radius 2 is 2.20 bits per heavy atom. The molecule has 3 heteroatoms. The van der Waals surface area contributed by atoms with Crippen molar-refractivity contribution in [2.45, 2.75) is 26.7 Å². The molecule has 15 heavy (non-hydrogen) atoms. The van der Waals surface area contributed by atoms with Crippen LogP contribution >= 0.6 is 0 Å². The predicted molar refractivity (Wildman–Crippen MR) is 58.4 cm³/mol. The molecule has 0 spiro atoms. The maximum Gasteiger partial charge on any atom is 0.251 e. The number of amides is 1. The zero-order chi connectivity index (χ0) is 11.3. The second kappa shape index (κ2) is 5.49. The molecule has 2 nitrogen and oxygen atoms in total. The van der Waals surface area contributed by atoms with Gasteiger partial charge in [0.1, 0.15) is 5.82 Å². The highest BCUT2D eigenvalue weighted by Crippen LogP contribution is 2.09. The Morgan fingerprint density at radius 1 is 1.47 bits per heavy atom. The highest BCUT2D eigenvalue weighted by atomic mass is 19.1. The molecule has 82 valence electrons. The zero-order valence-electron chi connectivity index (χ0n) is 9.14. The number of unbranched alkanes of at least 4 members (excludes halogenated alkanes) is 1. The molecule has 0 atom stereocenters. The quantitative estimate of drug-likeness (QED) is 0.759. The van der Waals surface area contributed by atoms with Crippen LogP contribution in [0.25, 0.3) is 0 Å². The summed E-state index contributed by atoms with van der Waals surface area (Å²) in [5, 5.41) is 2.80. The summed E-state index contributed by atoms with van der Waals surface area (Å²) in [6.45, 7) is 4.47. The third kappa shape index (κ3) is 3.35. The fourth-order valence-corrected chi connectivity index (χ4v) is 1.36. The minimum absolute atomic E-state index is 0.124. The lowest BCUT2D eigenvalue weighted by Crippen LogP contribution is -2.25. The Hall–Kier alpha value is -1.38. The number of hydrogen-bond acceptors (Lipinski definition) is 1. The van der Waals surface area contributed by atoms with E-state index >= 15 is 0 Å². The molecule has 1 rings (SSSR count). The molecular formula is C12H16FNO. The molecule has 1 aromatic carbocycles. The Bertz CT molecular complexity index is 349. The first kappa shape index (κ1) is 11.7. The van der Waals surface area contributed by atoms with Crippen LogP contribution in [0.4, 0.5) is 4.39 Å². The standard InChI is InChI=1S/C12H16FNO/c1-3-4-7-14-12(15)11-6-5-10(13)8-9(11)2/h5-6,8H,3-4,7H2,1-2H3,(H,14,15). The van der Waals surface area contributed by atoms with Crippen LogP contribution in [0.5, 0.6) is 0 Å². The largest absolute Gasteiger partial charge is 0.352 e. The van der Waals surface area contributed by atoms with Crippen molar-refractivity contribution >= 4 is 5.91 Å². The Morgan fingerprint density at radius 3 is 2.80 bits per heavy atom. The highest BCUT2D eigenvalue weighted by molar-refractivity contribution is 5.95. The van der Waals surface area contributed by atoms with E-state index < -0.39 is 0 Å². The van der Waals surface area contributed by atoms with Gasteiger partial charge >= 0.3 is 0 Å². The van der Waals surface area contributed by atoms with Crippen LogP contribution in [0, 0.1) is 12.7 Å². The molecule has 1 N–H and O–H groups in total. The fraction of sp³-hybridized carbons (Fsp3) is 0.417. The first-order valence-electron chi connectivity index (χ1n) is 5.19. The lowest BCUT2D eigenvalue weighted by atomic mass is 10.1. The average molecular weight is 209 g/mol. The van der Waals surface area contributed by atoms with E-state index in [-0.39, 0.29) is 11.7 Å². The molecule has 0 heterocycles. The lowest BCUT2D eigenvalue weighted by molar-refractivity contribution is 0.0952. The van der Waals surface area contributed by atoms with Gasteiger partial charge in [-0.15, -0.1) is 0 Å². The fourth-order valence-electron chi connectivity index (χ4n) is 1.36. The van der Waals surface area contributed by atoms with Gasteiger partial charge in [0.05, 0.1) is 0 Å². The van der Waals surface area contributed by atoms with Crippen LogP contribution in [0.1, 0.15) is 35.7 Å². The molecule has 0 aliphatic carbocycles. The van der Waals surface area contributed by atoms with Crippen LogP contribution < -0.4 is 5.32 Å². The second-order valence-electron chi connectivity index (χ2n) is 3.57. The van der Waals surface area contributed by atoms with Crippen molar-refractivity contribution in [2.75, 3.05) is 6.54 Å². The van der Waals surface area contributed by atoms with Gasteiger partial charge in [-0.3, -0.25) is 4.79 Å². The Labute approximate surface area is 89.5 Å². The summed E-state index contributed by atoms with van der Waals surface area (Å²) in [5.41, 5.74) is 1.22. The molecule has 1 amide bonds. The minimum Gasteiger partial charge on any atom is -0.352 e. The first-order valence-corrected chi connectivity index (χ1v) is 5.19. The monoisotopic (exact) mass is 209 g/mol. The van der Waals surface area contributed by atoms with E-state index in [0.29, 0.717) is 17.7 Å². The summed E-state index contributed by atoms with van der Waals surface area (Å²) >= 11 is 0. The van der Waals surface area contributed by atoms with Crippen LogP contribution in [0.15, 0.2) is 18.2 Å². The number of aryl methyl sites for hydroxylation is 1. The molecule has 0 aliphatic rings. The molecular weight excluding hydrogens is 193 g/mol. The molecule has 0 fully saturated rings. The molecule has 0 saturated heterocycles. The van der Waals surface area contributed by atoms with Gasteiger partial charge in [0.2, 0.25) is 0 Å². The number of carbonyl (C=O) groups excluding carboxylic acids is 1. The number of carbonyl (C=O) groups is 1. The number of rotatable bonds is 4. The molecule has 0 aromatic heterocycles. The van der Waals surface area contributed by atoms with Crippen molar-refractivity contribution in [2.24, 2.45) is 0 Å². The van der Waals surface area contributed by atoms with E-state index in [1.54, 1.807) is 6.92 Å². The van der Waals surface area contributed by atoms with Crippen molar-refractivity contribution < 1.29 is 9.18 Å². The normalized spacial score (nSPS) is 10.1. The van der Waals surface area contributed by atoms with Crippen LogP contribution in [0.2, 0.25) is 0 Å². The molecule has 0 aliphatic heterocycles. The van der Waals surface area contributed by atoms with Gasteiger partial charge in [0.15, 0.2) is 0 Å². The predicted octanol–water partition coefficient (Wildman–Crippen LogP) is 2.66. The smallest absolute Gasteiger partial charge is 0.251 e. The first-order chi connectivity index (χ1) is 7.15. The molecule has 1 aromatic rings. The summed E-state index contributed by atoms with van der Waals surface area (Å²) in [6, 6.07) is 4.20. The number of benzene rings is 1. The van der Waals surface area contributed by atoms with Crippen molar-refractivity contribution in [1.29, 1.82) is 0 Å². The van der Waals surface area contributed by atoms with E-state index in [1.165, 1.54) is 18.2 Å². The van der Waals surface area contributed by atoms with Crippen LogP contribution in [-0.2, 0) is 0 Å². The van der Waals surface area contributed by atoms with Gasteiger partial charge in [-0.25, -0.2) is 4.39 Å². The third-order valence-corrected chi connectivity index (χ3v) is 2.25. The van der Waals surface area contributed by atoms with Crippen LogP contribution in [0.3, 0.4) is 0 Å². The minimum atomic E-state index is -0.308. The van der Waals surface area contributed by atoms with E-state index in [9.17, 15) is 9.18 Å². The van der Waals surface area contributed by atoms with Gasteiger partial charge in [-0.2, -0.15) is 0 Å². The SMILES string of the molecule is CCCCNC(=O)c1ccc(F)cc1C. The summed E-state index contributed by atoms with van der Waals surface area (Å²) in [7, 11) is 0. The highest BCUT2D eigenvalue weighted by Gasteiger charge is 2.08. The van der Waals surface area contributed by atoms with Crippen molar-refractivity contribution in [3.63, 3.8) is 0 Å². The topological polar surface area (TPSA) is 29.1 Å². The van der Waals surface area contributed by atoms with Crippen molar-refractivity contribution in [3.8, 4) is 0 Å². The van der Waals surface area contributed by atoms with Crippen molar-refractivity contribution in [3.05, 3.63) is 35.1 Å². The molecule has 0 bridgehead atoms. The van der Waals surface area contributed by atoms with Gasteiger partial charge < -0.3 is 5.32 Å². The Kier molecular flexibility index (Phi) is 4.28. The lowest BCUT2D eigenvalue weighted by Gasteiger charge is -2.06. The van der Waals surface area contributed by atoms with Gasteiger partial charge in [0, 0.05) is 12.1 Å². The Balaban J connectivity index is 2.65. The van der Waals surface area contributed by atoms with E-state index in [0.717, 1.165) is 12.8 Å². The third-order valence-electron chi connectivity index (χ3n) is 2.25. The number of hydrogen-bond donors (Lipinski definition) is 1. The molecule has 0 saturated carbocycles.